The van der Waals surface area contributed by atoms with Crippen LogP contribution in [0, 0.1) is 0 Å². The molecule has 20 heavy (non-hydrogen) atoms. The van der Waals surface area contributed by atoms with E-state index in [0.717, 1.165) is 38.5 Å². The minimum absolute atomic E-state index is 0.0830. The highest BCUT2D eigenvalue weighted by Gasteiger charge is 2.31. The normalized spacial score (nSPS) is 22.1. The zero-order chi connectivity index (χ0) is 14.5. The molecule has 1 fully saturated rings. The molecule has 5 nitrogen and oxygen atoms in total. The van der Waals surface area contributed by atoms with Gasteiger partial charge in [-0.1, -0.05) is 25.4 Å². The first-order valence-corrected chi connectivity index (χ1v) is 7.79. The highest BCUT2D eigenvalue weighted by atomic mass is 35.5. The molecule has 0 aromatic carbocycles. The zero-order valence-electron chi connectivity index (χ0n) is 12.6. The largest absolute Gasteiger partial charge is 0.374 e. The molecule has 2 heterocycles. The third-order valence-corrected chi connectivity index (χ3v) is 4.04. The van der Waals surface area contributed by atoms with Gasteiger partial charge in [0.15, 0.2) is 0 Å². The van der Waals surface area contributed by atoms with Gasteiger partial charge in [0.05, 0.1) is 35.7 Å². The Morgan fingerprint density at radius 2 is 2.35 bits per heavy atom. The number of hydrogen-bond donors (Lipinski definition) is 1. The Bertz CT molecular complexity index is 402. The maximum atomic E-state index is 6.30. The molecule has 2 rings (SSSR count). The van der Waals surface area contributed by atoms with Gasteiger partial charge in [-0.25, -0.2) is 0 Å². The molecule has 0 aliphatic carbocycles. The van der Waals surface area contributed by atoms with E-state index in [2.05, 4.69) is 29.2 Å². The van der Waals surface area contributed by atoms with Crippen LogP contribution >= 0.6 is 11.6 Å². The van der Waals surface area contributed by atoms with Gasteiger partial charge in [-0.15, -0.1) is 0 Å². The van der Waals surface area contributed by atoms with E-state index in [1.54, 1.807) is 6.20 Å². The Hall–Kier alpha value is -0.620. The number of nitrogens with one attached hydrogen (secondary N) is 1. The summed E-state index contributed by atoms with van der Waals surface area (Å²) < 4.78 is 7.84. The standard InChI is InChI=1S/C14H25ClN4O/c1-4-6-19-7-8-20-12(10-19)13(16-5-2)14-11(15)9-17-18(14)3/h9,12-13,16H,4-8,10H2,1-3H3. The lowest BCUT2D eigenvalue weighted by Gasteiger charge is -2.37. The van der Waals surface area contributed by atoms with Crippen LogP contribution in [-0.4, -0.2) is 53.6 Å². The molecule has 6 heteroatoms. The topological polar surface area (TPSA) is 42.3 Å². The van der Waals surface area contributed by atoms with Crippen LogP contribution in [-0.2, 0) is 11.8 Å². The first kappa shape index (κ1) is 15.8. The van der Waals surface area contributed by atoms with E-state index in [4.69, 9.17) is 16.3 Å². The molecule has 1 aromatic heterocycles. The fourth-order valence-corrected chi connectivity index (χ4v) is 3.13. The monoisotopic (exact) mass is 300 g/mol. The van der Waals surface area contributed by atoms with E-state index in [1.165, 1.54) is 6.42 Å². The number of likely N-dealkylation sites (N-methyl/N-ethyl adjacent to an activating group) is 1. The predicted octanol–water partition coefficient (Wildman–Crippen LogP) is 1.83. The van der Waals surface area contributed by atoms with Gasteiger partial charge in [-0.3, -0.25) is 9.58 Å². The molecule has 114 valence electrons. The van der Waals surface area contributed by atoms with Gasteiger partial charge in [-0.2, -0.15) is 5.10 Å². The highest BCUT2D eigenvalue weighted by molar-refractivity contribution is 6.31. The molecule has 1 aliphatic heterocycles. The molecule has 0 spiro atoms. The summed E-state index contributed by atoms with van der Waals surface area (Å²) in [5, 5.41) is 8.45. The second-order valence-corrected chi connectivity index (χ2v) is 5.65. The van der Waals surface area contributed by atoms with Gasteiger partial charge in [-0.05, 0) is 19.5 Å². The third-order valence-electron chi connectivity index (χ3n) is 3.75. The van der Waals surface area contributed by atoms with Gasteiger partial charge < -0.3 is 10.1 Å². The second-order valence-electron chi connectivity index (χ2n) is 5.25. The molecule has 1 N–H and O–H groups in total. The molecule has 2 unspecified atom stereocenters. The van der Waals surface area contributed by atoms with Gasteiger partial charge in [0.1, 0.15) is 0 Å². The van der Waals surface area contributed by atoms with E-state index in [0.29, 0.717) is 5.02 Å². The molecule has 2 atom stereocenters. The number of nitrogens with zero attached hydrogens (tertiary/aromatic N) is 3. The number of morpholine rings is 1. The maximum Gasteiger partial charge on any atom is 0.0912 e. The number of halogens is 1. The number of aromatic nitrogens is 2. The van der Waals surface area contributed by atoms with Crippen molar-refractivity contribution in [3.63, 3.8) is 0 Å². The predicted molar refractivity (Wildman–Crippen MR) is 81.1 cm³/mol. The van der Waals surface area contributed by atoms with Gasteiger partial charge in [0, 0.05) is 20.1 Å². The molecular weight excluding hydrogens is 276 g/mol. The number of hydrogen-bond acceptors (Lipinski definition) is 4. The lowest BCUT2D eigenvalue weighted by atomic mass is 10.0. The third kappa shape index (κ3) is 3.52. The minimum Gasteiger partial charge on any atom is -0.374 e. The summed E-state index contributed by atoms with van der Waals surface area (Å²) >= 11 is 6.30. The van der Waals surface area contributed by atoms with Crippen LogP contribution in [0.2, 0.25) is 5.02 Å². The number of aryl methyl sites for hydroxylation is 1. The Morgan fingerprint density at radius 1 is 1.55 bits per heavy atom. The van der Waals surface area contributed by atoms with Crippen molar-refractivity contribution in [2.75, 3.05) is 32.8 Å². The summed E-state index contributed by atoms with van der Waals surface area (Å²) in [5.41, 5.74) is 1.01. The van der Waals surface area contributed by atoms with Crippen molar-refractivity contribution < 1.29 is 4.74 Å². The summed E-state index contributed by atoms with van der Waals surface area (Å²) in [7, 11) is 1.93. The van der Waals surface area contributed by atoms with Crippen LogP contribution in [0.25, 0.3) is 0 Å². The fraction of sp³-hybridized carbons (Fsp3) is 0.786. The van der Waals surface area contributed by atoms with Gasteiger partial charge in [0.2, 0.25) is 0 Å². The van der Waals surface area contributed by atoms with Crippen molar-refractivity contribution in [2.24, 2.45) is 7.05 Å². The minimum atomic E-state index is 0.0830. The first-order valence-electron chi connectivity index (χ1n) is 7.42. The van der Waals surface area contributed by atoms with E-state index < -0.39 is 0 Å². The maximum absolute atomic E-state index is 6.30. The number of rotatable bonds is 6. The van der Waals surface area contributed by atoms with Crippen LogP contribution in [0.1, 0.15) is 32.0 Å². The van der Waals surface area contributed by atoms with Crippen molar-refractivity contribution in [1.82, 2.24) is 20.0 Å². The van der Waals surface area contributed by atoms with Crippen molar-refractivity contribution in [2.45, 2.75) is 32.4 Å². The highest BCUT2D eigenvalue weighted by Crippen LogP contribution is 2.27. The van der Waals surface area contributed by atoms with Gasteiger partial charge in [0.25, 0.3) is 0 Å². The molecular formula is C14H25ClN4O. The molecule has 0 radical (unpaired) electrons. The number of ether oxygens (including phenoxy) is 1. The summed E-state index contributed by atoms with van der Waals surface area (Å²) in [4.78, 5) is 2.46. The molecule has 1 aromatic rings. The van der Waals surface area contributed by atoms with Crippen LogP contribution < -0.4 is 5.32 Å². The van der Waals surface area contributed by atoms with E-state index in [9.17, 15) is 0 Å². The lowest BCUT2D eigenvalue weighted by Crippen LogP contribution is -2.48. The van der Waals surface area contributed by atoms with Crippen molar-refractivity contribution >= 4 is 11.6 Å². The zero-order valence-corrected chi connectivity index (χ0v) is 13.4. The summed E-state index contributed by atoms with van der Waals surface area (Å²) in [6.07, 6.45) is 2.99. The quantitative estimate of drug-likeness (QED) is 0.870. The van der Waals surface area contributed by atoms with Crippen molar-refractivity contribution in [1.29, 1.82) is 0 Å². The van der Waals surface area contributed by atoms with E-state index >= 15 is 0 Å². The Morgan fingerprint density at radius 3 is 2.95 bits per heavy atom. The van der Waals surface area contributed by atoms with Crippen molar-refractivity contribution in [3.05, 3.63) is 16.9 Å². The molecule has 0 bridgehead atoms. The van der Waals surface area contributed by atoms with E-state index in [-0.39, 0.29) is 12.1 Å². The summed E-state index contributed by atoms with van der Waals surface area (Å²) in [6.45, 7) is 9.04. The van der Waals surface area contributed by atoms with Crippen LogP contribution in [0.4, 0.5) is 0 Å². The smallest absolute Gasteiger partial charge is 0.0912 e. The van der Waals surface area contributed by atoms with Crippen molar-refractivity contribution in [3.8, 4) is 0 Å². The second kappa shape index (κ2) is 7.41. The average molecular weight is 301 g/mol. The first-order chi connectivity index (χ1) is 9.67. The summed E-state index contributed by atoms with van der Waals surface area (Å²) in [6, 6.07) is 0.0830. The molecule has 1 aliphatic rings. The van der Waals surface area contributed by atoms with Crippen LogP contribution in [0.15, 0.2) is 6.20 Å². The van der Waals surface area contributed by atoms with Crippen LogP contribution in [0.3, 0.4) is 0 Å². The Kier molecular flexibility index (Phi) is 5.84. The average Bonchev–Trinajstić information content (AvgIpc) is 2.77. The molecule has 1 saturated heterocycles. The Labute approximate surface area is 126 Å². The molecule has 0 saturated carbocycles. The fourth-order valence-electron chi connectivity index (χ4n) is 2.85. The van der Waals surface area contributed by atoms with Crippen LogP contribution in [0.5, 0.6) is 0 Å². The molecule has 0 amide bonds. The van der Waals surface area contributed by atoms with Gasteiger partial charge >= 0.3 is 0 Å². The Balaban J connectivity index is 2.16. The lowest BCUT2D eigenvalue weighted by molar-refractivity contribution is -0.0480. The SMILES string of the molecule is CCCN1CCOC(C(NCC)c2c(Cl)cnn2C)C1. The summed E-state index contributed by atoms with van der Waals surface area (Å²) in [5.74, 6) is 0. The van der Waals surface area contributed by atoms with E-state index in [1.807, 2.05) is 11.7 Å².